The molecule has 13 nitrogen and oxygen atoms in total. The Bertz CT molecular complexity index is 1790. The molecule has 4 heterocycles. The molecule has 2 N–H and O–H groups in total. The number of hydrogen-bond donors (Lipinski definition) is 2. The average Bonchev–Trinajstić information content (AvgIpc) is 3.71. The Balaban J connectivity index is 1.18. The van der Waals surface area contributed by atoms with Gasteiger partial charge >= 0.3 is 0 Å². The molecule has 1 aliphatic carbocycles. The van der Waals surface area contributed by atoms with Crippen LogP contribution in [0, 0.1) is 11.7 Å². The number of aromatic hydroxyl groups is 1. The third-order valence-electron chi connectivity index (χ3n) is 8.77. The number of aromatic nitrogens is 4. The van der Waals surface area contributed by atoms with Crippen LogP contribution in [-0.2, 0) is 17.8 Å². The lowest BCUT2D eigenvalue weighted by molar-refractivity contribution is -0.122. The molecule has 236 valence electrons. The van der Waals surface area contributed by atoms with Crippen LogP contribution in [0.25, 0.3) is 10.6 Å². The molecule has 1 aromatic carbocycles. The molecule has 1 saturated carbocycles. The first-order valence-electron chi connectivity index (χ1n) is 14.4. The lowest BCUT2D eigenvalue weighted by atomic mass is 9.78. The van der Waals surface area contributed by atoms with Crippen LogP contribution in [0.2, 0.25) is 0 Å². The fourth-order valence-corrected chi connectivity index (χ4v) is 7.03. The molecule has 1 aliphatic heterocycles. The average molecular weight is 638 g/mol. The summed E-state index contributed by atoms with van der Waals surface area (Å²) in [6, 6.07) is 7.66. The van der Waals surface area contributed by atoms with Crippen molar-refractivity contribution in [3.63, 3.8) is 0 Å². The number of rotatable bonds is 8. The fourth-order valence-electron chi connectivity index (χ4n) is 6.15. The number of methoxy groups -OCH3 is 1. The van der Waals surface area contributed by atoms with Crippen molar-refractivity contribution in [2.45, 2.75) is 50.7 Å². The summed E-state index contributed by atoms with van der Waals surface area (Å²) in [4.78, 5) is 41.2. The van der Waals surface area contributed by atoms with Crippen molar-refractivity contribution >= 4 is 23.2 Å². The second-order valence-corrected chi connectivity index (χ2v) is 12.4. The van der Waals surface area contributed by atoms with Crippen LogP contribution in [0.3, 0.4) is 0 Å². The predicted octanol–water partition coefficient (Wildman–Crippen LogP) is 3.05. The van der Waals surface area contributed by atoms with E-state index in [1.807, 2.05) is 12.1 Å². The summed E-state index contributed by atoms with van der Waals surface area (Å²) in [5.41, 5.74) is -0.617. The van der Waals surface area contributed by atoms with Crippen LogP contribution in [0.15, 0.2) is 45.8 Å². The number of ether oxygens (including phenoxy) is 1. The lowest BCUT2D eigenvalue weighted by Gasteiger charge is -2.55. The van der Waals surface area contributed by atoms with Gasteiger partial charge in [0.25, 0.3) is 11.8 Å². The van der Waals surface area contributed by atoms with Gasteiger partial charge in [-0.05, 0) is 54.5 Å². The number of benzene rings is 1. The number of amides is 2. The third-order valence-corrected chi connectivity index (χ3v) is 9.73. The summed E-state index contributed by atoms with van der Waals surface area (Å²) < 4.78 is 25.0. The molecule has 0 unspecified atom stereocenters. The van der Waals surface area contributed by atoms with E-state index in [-0.39, 0.29) is 35.4 Å². The van der Waals surface area contributed by atoms with Crippen LogP contribution in [0.1, 0.15) is 58.9 Å². The Labute approximate surface area is 261 Å². The van der Waals surface area contributed by atoms with Gasteiger partial charge in [0.2, 0.25) is 11.3 Å². The first-order chi connectivity index (χ1) is 21.6. The van der Waals surface area contributed by atoms with E-state index in [2.05, 4.69) is 20.7 Å². The minimum Gasteiger partial charge on any atom is -0.502 e. The number of carbonyl (C=O) groups is 2. The summed E-state index contributed by atoms with van der Waals surface area (Å²) in [6.45, 7) is 0.204. The maximum Gasteiger partial charge on any atom is 0.278 e. The molecule has 2 aliphatic rings. The number of pyridine rings is 1. The van der Waals surface area contributed by atoms with Crippen LogP contribution in [0.5, 0.6) is 11.6 Å². The summed E-state index contributed by atoms with van der Waals surface area (Å²) in [5, 5.41) is 28.8. The van der Waals surface area contributed by atoms with Gasteiger partial charge in [0.05, 0.1) is 19.2 Å². The van der Waals surface area contributed by atoms with E-state index >= 15 is 0 Å². The highest BCUT2D eigenvalue weighted by atomic mass is 32.1. The molecule has 0 saturated heterocycles. The first-order valence-corrected chi connectivity index (χ1v) is 15.3. The van der Waals surface area contributed by atoms with Crippen LogP contribution < -0.4 is 20.5 Å². The largest absolute Gasteiger partial charge is 0.502 e. The summed E-state index contributed by atoms with van der Waals surface area (Å²) in [5.74, 6) is -0.635. The SMILES string of the molecule is COc1cc(CNC(=O)CC2CCC3(CC2)N(C)C(=O)c2c(O)c(=O)c(-c4nnc(Cc5ccc(F)cc5)s4)cn2N3C)on1. The molecule has 0 atom stereocenters. The highest BCUT2D eigenvalue weighted by molar-refractivity contribution is 7.14. The van der Waals surface area contributed by atoms with Crippen molar-refractivity contribution in [3.8, 4) is 22.2 Å². The molecule has 15 heteroatoms. The Morgan fingerprint density at radius 1 is 1.20 bits per heavy atom. The normalized spacial score (nSPS) is 19.6. The van der Waals surface area contributed by atoms with Crippen molar-refractivity contribution in [1.29, 1.82) is 0 Å². The van der Waals surface area contributed by atoms with Crippen LogP contribution in [0.4, 0.5) is 4.39 Å². The Morgan fingerprint density at radius 3 is 2.62 bits per heavy atom. The second kappa shape index (κ2) is 12.0. The molecule has 3 aromatic heterocycles. The highest BCUT2D eigenvalue weighted by Crippen LogP contribution is 2.42. The molecular weight excluding hydrogens is 605 g/mol. The zero-order valence-electron chi connectivity index (χ0n) is 24.9. The zero-order chi connectivity index (χ0) is 31.9. The maximum atomic E-state index is 13.6. The molecule has 1 spiro atoms. The molecule has 6 rings (SSSR count). The number of carbonyl (C=O) groups excluding carboxylic acids is 2. The van der Waals surface area contributed by atoms with Crippen molar-refractivity contribution in [1.82, 2.24) is 30.2 Å². The van der Waals surface area contributed by atoms with E-state index in [0.29, 0.717) is 60.2 Å². The van der Waals surface area contributed by atoms with Gasteiger partial charge in [0, 0.05) is 39.2 Å². The second-order valence-electron chi connectivity index (χ2n) is 11.3. The standard InChI is InChI=1S/C30H32FN7O6S/c1-36-29(42)25-27(41)26(40)21(28-34-33-24(45-28)13-17-4-6-19(31)7-5-17)16-38(25)37(2)30(36)10-8-18(9-11-30)12-22(39)32-15-20-14-23(43-3)35-44-20/h4-7,14,16,18,41H,8-13,15H2,1-3H3,(H,32,39). The van der Waals surface area contributed by atoms with Gasteiger partial charge in [-0.1, -0.05) is 23.5 Å². The van der Waals surface area contributed by atoms with Crippen LogP contribution >= 0.6 is 11.3 Å². The molecule has 0 radical (unpaired) electrons. The molecule has 0 bridgehead atoms. The van der Waals surface area contributed by atoms with E-state index < -0.39 is 22.7 Å². The van der Waals surface area contributed by atoms with E-state index in [9.17, 15) is 23.9 Å². The Hall–Kier alpha value is -4.79. The monoisotopic (exact) mass is 637 g/mol. The number of nitrogens with one attached hydrogen (secondary N) is 1. The van der Waals surface area contributed by atoms with Gasteiger partial charge < -0.3 is 24.6 Å². The highest BCUT2D eigenvalue weighted by Gasteiger charge is 2.50. The van der Waals surface area contributed by atoms with Crippen molar-refractivity contribution in [2.24, 2.45) is 5.92 Å². The number of halogens is 1. The number of hydrogen-bond acceptors (Lipinski definition) is 11. The van der Waals surface area contributed by atoms with E-state index in [1.165, 1.54) is 41.5 Å². The third kappa shape index (κ3) is 5.63. The minimum absolute atomic E-state index is 0.108. The van der Waals surface area contributed by atoms with Gasteiger partial charge in [-0.15, -0.1) is 10.2 Å². The minimum atomic E-state index is -0.735. The molecule has 1 fully saturated rings. The first kappa shape index (κ1) is 30.2. The topological polar surface area (TPSA) is 156 Å². The van der Waals surface area contributed by atoms with Crippen molar-refractivity contribution in [2.75, 3.05) is 26.2 Å². The predicted molar refractivity (Wildman–Crippen MR) is 161 cm³/mol. The molecular formula is C30H32FN7O6S. The number of nitrogens with zero attached hydrogens (tertiary/aromatic N) is 6. The quantitative estimate of drug-likeness (QED) is 0.295. The van der Waals surface area contributed by atoms with Crippen LogP contribution in [-0.4, -0.2) is 68.7 Å². The van der Waals surface area contributed by atoms with E-state index in [0.717, 1.165) is 5.56 Å². The van der Waals surface area contributed by atoms with E-state index in [1.54, 1.807) is 30.1 Å². The van der Waals surface area contributed by atoms with Crippen molar-refractivity contribution < 1.29 is 28.3 Å². The van der Waals surface area contributed by atoms with Crippen molar-refractivity contribution in [3.05, 3.63) is 74.6 Å². The van der Waals surface area contributed by atoms with Gasteiger partial charge in [0.15, 0.2) is 22.2 Å². The van der Waals surface area contributed by atoms with E-state index in [4.69, 9.17) is 9.26 Å². The lowest BCUT2D eigenvalue weighted by Crippen LogP contribution is -2.69. The van der Waals surface area contributed by atoms with Gasteiger partial charge in [0.1, 0.15) is 16.5 Å². The smallest absolute Gasteiger partial charge is 0.278 e. The summed E-state index contributed by atoms with van der Waals surface area (Å²) in [7, 11) is 4.97. The fraction of sp³-hybridized carbons (Fsp3) is 0.400. The Kier molecular flexibility index (Phi) is 8.03. The van der Waals surface area contributed by atoms with Gasteiger partial charge in [-0.25, -0.2) is 4.39 Å². The number of fused-ring (bicyclic) bond motifs is 1. The summed E-state index contributed by atoms with van der Waals surface area (Å²) in [6.07, 6.45) is 4.78. The molecule has 2 amide bonds. The van der Waals surface area contributed by atoms with Gasteiger partial charge in [-0.3, -0.25) is 24.1 Å². The zero-order valence-corrected chi connectivity index (χ0v) is 25.8. The molecule has 4 aromatic rings. The summed E-state index contributed by atoms with van der Waals surface area (Å²) >= 11 is 1.19. The molecule has 45 heavy (non-hydrogen) atoms. The Morgan fingerprint density at radius 2 is 1.93 bits per heavy atom. The van der Waals surface area contributed by atoms with Gasteiger partial charge in [-0.2, -0.15) is 0 Å². The maximum absolute atomic E-state index is 13.6.